The lowest BCUT2D eigenvalue weighted by Gasteiger charge is -2.01. The number of hydrogen-bond donors (Lipinski definition) is 1. The zero-order valence-corrected chi connectivity index (χ0v) is 7.56. The topological polar surface area (TPSA) is 72.5 Å². The number of hydrogen-bond acceptors (Lipinski definition) is 4. The van der Waals surface area contributed by atoms with E-state index in [0.717, 1.165) is 6.26 Å². The van der Waals surface area contributed by atoms with Crippen LogP contribution in [0.5, 0.6) is 0 Å². The van der Waals surface area contributed by atoms with Crippen LogP contribution >= 0.6 is 0 Å². The first-order chi connectivity index (χ1) is 5.45. The van der Waals surface area contributed by atoms with Crippen LogP contribution in [-0.2, 0) is 19.7 Å². The predicted octanol–water partition coefficient (Wildman–Crippen LogP) is -0.0400. The Morgan fingerprint density at radius 3 is 2.67 bits per heavy atom. The highest BCUT2D eigenvalue weighted by Crippen LogP contribution is 1.91. The molecule has 0 atom stereocenters. The number of allylic oxidation sites excluding steroid dienone is 1. The van der Waals surface area contributed by atoms with Gasteiger partial charge in [-0.3, -0.25) is 4.79 Å². The third-order valence-corrected chi connectivity index (χ3v) is 1.25. The summed E-state index contributed by atoms with van der Waals surface area (Å²) in [4.78, 5) is 16.5. The third-order valence-electron chi connectivity index (χ3n) is 0.859. The Bertz CT molecular complexity index is 257. The first-order valence-corrected chi connectivity index (χ1v) is 5.12. The molecule has 0 amide bonds. The van der Waals surface area contributed by atoms with Gasteiger partial charge in [0.2, 0.25) is 10.0 Å². The summed E-state index contributed by atoms with van der Waals surface area (Å²) in [5.41, 5.74) is 0. The molecule has 6 heteroatoms. The smallest absolute Gasteiger partial charge is 0.326 e. The van der Waals surface area contributed by atoms with Crippen LogP contribution in [0.15, 0.2) is 12.7 Å². The van der Waals surface area contributed by atoms with Crippen molar-refractivity contribution in [1.29, 1.82) is 0 Å². The van der Waals surface area contributed by atoms with Crippen molar-refractivity contribution in [3.05, 3.63) is 12.7 Å². The minimum Gasteiger partial charge on any atom is -0.356 e. The first-order valence-electron chi connectivity index (χ1n) is 3.23. The summed E-state index contributed by atoms with van der Waals surface area (Å²) in [6, 6.07) is 0. The number of carbonyl (C=O) groups excluding carboxylic acids is 1. The van der Waals surface area contributed by atoms with E-state index in [-0.39, 0.29) is 6.42 Å². The van der Waals surface area contributed by atoms with Crippen LogP contribution < -0.4 is 4.89 Å². The molecule has 0 aromatic carbocycles. The van der Waals surface area contributed by atoms with Crippen LogP contribution in [0.4, 0.5) is 0 Å². The fourth-order valence-corrected chi connectivity index (χ4v) is 0.637. The van der Waals surface area contributed by atoms with Crippen molar-refractivity contribution in [2.45, 2.75) is 12.8 Å². The molecule has 5 nitrogen and oxygen atoms in total. The summed E-state index contributed by atoms with van der Waals surface area (Å²) in [6.07, 6.45) is 3.02. The highest BCUT2D eigenvalue weighted by atomic mass is 32.2. The van der Waals surface area contributed by atoms with Crippen molar-refractivity contribution in [1.82, 2.24) is 4.89 Å². The van der Waals surface area contributed by atoms with Gasteiger partial charge in [-0.1, -0.05) is 6.08 Å². The van der Waals surface area contributed by atoms with Crippen LogP contribution in [0.1, 0.15) is 12.8 Å². The number of nitrogens with one attached hydrogen (secondary N) is 1. The minimum absolute atomic E-state index is 0.117. The average molecular weight is 193 g/mol. The van der Waals surface area contributed by atoms with Gasteiger partial charge < -0.3 is 4.84 Å². The van der Waals surface area contributed by atoms with Gasteiger partial charge in [-0.2, -0.15) is 0 Å². The fraction of sp³-hybridized carbons (Fsp3) is 0.500. The van der Waals surface area contributed by atoms with E-state index in [4.69, 9.17) is 0 Å². The molecule has 1 N–H and O–H groups in total. The van der Waals surface area contributed by atoms with Gasteiger partial charge in [0.25, 0.3) is 0 Å². The van der Waals surface area contributed by atoms with Gasteiger partial charge in [0.05, 0.1) is 12.7 Å². The quantitative estimate of drug-likeness (QED) is 0.491. The fourth-order valence-electron chi connectivity index (χ4n) is 0.393. The maximum atomic E-state index is 10.7. The molecule has 0 saturated carbocycles. The van der Waals surface area contributed by atoms with Crippen molar-refractivity contribution in [2.24, 2.45) is 0 Å². The molecule has 0 heterocycles. The van der Waals surface area contributed by atoms with Gasteiger partial charge >= 0.3 is 5.97 Å². The second kappa shape index (κ2) is 4.89. The summed E-state index contributed by atoms with van der Waals surface area (Å²) < 4.78 is 20.8. The minimum atomic E-state index is -3.46. The Balaban J connectivity index is 3.65. The van der Waals surface area contributed by atoms with E-state index in [1.807, 2.05) is 0 Å². The molecule has 0 radical (unpaired) electrons. The monoisotopic (exact) mass is 193 g/mol. The summed E-state index contributed by atoms with van der Waals surface area (Å²) >= 11 is 0. The van der Waals surface area contributed by atoms with Crippen LogP contribution in [0.25, 0.3) is 0 Å². The van der Waals surface area contributed by atoms with Crippen LogP contribution in [0.2, 0.25) is 0 Å². The first kappa shape index (κ1) is 11.1. The lowest BCUT2D eigenvalue weighted by molar-refractivity contribution is -0.147. The maximum Gasteiger partial charge on any atom is 0.326 e. The average Bonchev–Trinajstić information content (AvgIpc) is 1.95. The molecule has 0 unspecified atom stereocenters. The number of carbonyl (C=O) groups is 1. The molecular weight excluding hydrogens is 182 g/mol. The lowest BCUT2D eigenvalue weighted by Crippen LogP contribution is -2.25. The van der Waals surface area contributed by atoms with Crippen molar-refractivity contribution in [2.75, 3.05) is 6.26 Å². The molecule has 0 rings (SSSR count). The van der Waals surface area contributed by atoms with Crippen molar-refractivity contribution < 1.29 is 18.0 Å². The van der Waals surface area contributed by atoms with Gasteiger partial charge in [0.1, 0.15) is 0 Å². The summed E-state index contributed by atoms with van der Waals surface area (Å²) in [6.45, 7) is 3.40. The molecule has 0 saturated heterocycles. The third kappa shape index (κ3) is 7.23. The zero-order chi connectivity index (χ0) is 9.61. The Hall–Kier alpha value is -0.880. The van der Waals surface area contributed by atoms with E-state index in [2.05, 4.69) is 11.4 Å². The van der Waals surface area contributed by atoms with Crippen molar-refractivity contribution in [3.8, 4) is 0 Å². The number of sulfonamides is 1. The molecule has 0 aliphatic heterocycles. The van der Waals surface area contributed by atoms with E-state index in [1.54, 1.807) is 11.0 Å². The lowest BCUT2D eigenvalue weighted by atomic mass is 10.3. The van der Waals surface area contributed by atoms with Crippen molar-refractivity contribution >= 4 is 16.0 Å². The van der Waals surface area contributed by atoms with Crippen molar-refractivity contribution in [3.63, 3.8) is 0 Å². The predicted molar refractivity (Wildman–Crippen MR) is 43.5 cm³/mol. The van der Waals surface area contributed by atoms with Crippen LogP contribution in [0.3, 0.4) is 0 Å². The summed E-state index contributed by atoms with van der Waals surface area (Å²) in [7, 11) is -3.46. The molecule has 70 valence electrons. The second-order valence-corrected chi connectivity index (χ2v) is 3.87. The summed E-state index contributed by atoms with van der Waals surface area (Å²) in [5, 5.41) is 0. The molecule has 12 heavy (non-hydrogen) atoms. The van der Waals surface area contributed by atoms with Gasteiger partial charge in [-0.25, -0.2) is 8.42 Å². The van der Waals surface area contributed by atoms with E-state index in [1.165, 1.54) is 0 Å². The number of rotatable bonds is 5. The van der Waals surface area contributed by atoms with Gasteiger partial charge in [-0.15, -0.1) is 6.58 Å². The molecular formula is C6H11NO4S. The molecule has 0 aliphatic rings. The Kier molecular flexibility index (Phi) is 4.53. The highest BCUT2D eigenvalue weighted by Gasteiger charge is 2.05. The summed E-state index contributed by atoms with van der Waals surface area (Å²) in [5.74, 6) is -0.625. The molecule has 0 spiro atoms. The molecule has 0 fully saturated rings. The maximum absolute atomic E-state index is 10.7. The van der Waals surface area contributed by atoms with E-state index < -0.39 is 16.0 Å². The zero-order valence-electron chi connectivity index (χ0n) is 6.74. The van der Waals surface area contributed by atoms with Crippen LogP contribution in [-0.4, -0.2) is 20.6 Å². The molecule has 0 bridgehead atoms. The van der Waals surface area contributed by atoms with Gasteiger partial charge in [0.15, 0.2) is 0 Å². The highest BCUT2D eigenvalue weighted by molar-refractivity contribution is 7.88. The van der Waals surface area contributed by atoms with E-state index in [0.29, 0.717) is 6.42 Å². The molecule has 0 aliphatic carbocycles. The second-order valence-electron chi connectivity index (χ2n) is 2.16. The molecule has 0 aromatic heterocycles. The Morgan fingerprint density at radius 2 is 2.25 bits per heavy atom. The normalized spacial score (nSPS) is 10.8. The van der Waals surface area contributed by atoms with Crippen LogP contribution in [0, 0.1) is 0 Å². The largest absolute Gasteiger partial charge is 0.356 e. The Morgan fingerprint density at radius 1 is 1.67 bits per heavy atom. The van der Waals surface area contributed by atoms with Gasteiger partial charge in [0, 0.05) is 0 Å². The standard InChI is InChI=1S/C6H11NO4S/c1-3-4-5-6(8)11-7-12(2,9)10/h3,7H,1,4-5H2,2H3. The Labute approximate surface area is 71.4 Å². The van der Waals surface area contributed by atoms with E-state index in [9.17, 15) is 13.2 Å². The SMILES string of the molecule is C=CCCC(=O)ONS(C)(=O)=O. The van der Waals surface area contributed by atoms with Gasteiger partial charge in [-0.05, 0) is 11.3 Å². The molecule has 0 aromatic rings. The van der Waals surface area contributed by atoms with E-state index >= 15 is 0 Å².